The van der Waals surface area contributed by atoms with Crippen molar-refractivity contribution in [1.29, 1.82) is 0 Å². The summed E-state index contributed by atoms with van der Waals surface area (Å²) in [5, 5.41) is 0. The van der Waals surface area contributed by atoms with Gasteiger partial charge in [0.05, 0.1) is 26.3 Å². The van der Waals surface area contributed by atoms with Crippen LogP contribution in [0.15, 0.2) is 54.2 Å². The molecule has 0 unspecified atom stereocenters. The Morgan fingerprint density at radius 3 is 2.20 bits per heavy atom. The van der Waals surface area contributed by atoms with E-state index in [1.807, 2.05) is 48.5 Å². The highest BCUT2D eigenvalue weighted by molar-refractivity contribution is 6.35. The highest BCUT2D eigenvalue weighted by atomic mass is 16.5. The lowest BCUT2D eigenvalue weighted by molar-refractivity contribution is -0.138. The van der Waals surface area contributed by atoms with Crippen molar-refractivity contribution in [2.24, 2.45) is 0 Å². The number of benzene rings is 2. The van der Waals surface area contributed by atoms with E-state index in [4.69, 9.17) is 9.47 Å². The Hall–Kier alpha value is -3.28. The lowest BCUT2D eigenvalue weighted by Gasteiger charge is -2.29. The molecule has 2 aromatic rings. The Kier molecular flexibility index (Phi) is 5.74. The molecule has 1 fully saturated rings. The first-order chi connectivity index (χ1) is 14.6. The zero-order valence-electron chi connectivity index (χ0n) is 17.4. The number of para-hydroxylation sites is 1. The monoisotopic (exact) mass is 406 g/mol. The van der Waals surface area contributed by atoms with Gasteiger partial charge in [0, 0.05) is 18.7 Å². The van der Waals surface area contributed by atoms with Gasteiger partial charge in [-0.3, -0.25) is 14.5 Å². The van der Waals surface area contributed by atoms with Gasteiger partial charge in [0.25, 0.3) is 11.8 Å². The molecule has 2 aromatic carbocycles. The summed E-state index contributed by atoms with van der Waals surface area (Å²) >= 11 is 0. The first-order valence-electron chi connectivity index (χ1n) is 10.3. The molecule has 1 saturated heterocycles. The van der Waals surface area contributed by atoms with E-state index in [2.05, 4.69) is 4.90 Å². The number of imide groups is 1. The number of nitrogens with zero attached hydrogens (tertiary/aromatic N) is 2. The second kappa shape index (κ2) is 8.61. The second-order valence-corrected chi connectivity index (χ2v) is 7.51. The summed E-state index contributed by atoms with van der Waals surface area (Å²) in [4.78, 5) is 30.4. The van der Waals surface area contributed by atoms with Crippen molar-refractivity contribution in [3.63, 3.8) is 0 Å². The van der Waals surface area contributed by atoms with Gasteiger partial charge in [-0.2, -0.15) is 0 Å². The molecular formula is C24H26N2O4. The van der Waals surface area contributed by atoms with Crippen molar-refractivity contribution in [1.82, 2.24) is 9.80 Å². The van der Waals surface area contributed by atoms with Crippen LogP contribution in [0.4, 0.5) is 0 Å². The number of carbonyl (C=O) groups is 2. The van der Waals surface area contributed by atoms with E-state index in [9.17, 15) is 9.59 Å². The first kappa shape index (κ1) is 20.0. The van der Waals surface area contributed by atoms with Gasteiger partial charge in [-0.25, -0.2) is 0 Å². The van der Waals surface area contributed by atoms with Crippen LogP contribution in [0.25, 0.3) is 5.57 Å². The van der Waals surface area contributed by atoms with Crippen LogP contribution in [0.1, 0.15) is 30.4 Å². The fourth-order valence-corrected chi connectivity index (χ4v) is 4.14. The summed E-state index contributed by atoms with van der Waals surface area (Å²) in [5.41, 5.74) is 2.52. The highest BCUT2D eigenvalue weighted by Crippen LogP contribution is 2.35. The van der Waals surface area contributed by atoms with Crippen LogP contribution in [0, 0.1) is 0 Å². The summed E-state index contributed by atoms with van der Waals surface area (Å²) in [7, 11) is 3.19. The Morgan fingerprint density at radius 1 is 0.833 bits per heavy atom. The SMILES string of the molecule is COc1ccc(C2=C(N3CCCCC3)C(=O)N(Cc3ccccc3OC)C2=O)cc1. The number of amides is 2. The Labute approximate surface area is 176 Å². The minimum atomic E-state index is -0.267. The van der Waals surface area contributed by atoms with Crippen molar-refractivity contribution in [2.75, 3.05) is 27.3 Å². The third kappa shape index (κ3) is 3.65. The summed E-state index contributed by atoms with van der Waals surface area (Å²) < 4.78 is 10.7. The van der Waals surface area contributed by atoms with Gasteiger partial charge >= 0.3 is 0 Å². The minimum absolute atomic E-state index is 0.179. The van der Waals surface area contributed by atoms with Gasteiger partial charge in [0.1, 0.15) is 17.2 Å². The van der Waals surface area contributed by atoms with Gasteiger partial charge in [0.2, 0.25) is 0 Å². The Morgan fingerprint density at radius 2 is 1.53 bits per heavy atom. The van der Waals surface area contributed by atoms with E-state index in [0.717, 1.165) is 43.5 Å². The van der Waals surface area contributed by atoms with Crippen LogP contribution < -0.4 is 9.47 Å². The zero-order chi connectivity index (χ0) is 21.1. The van der Waals surface area contributed by atoms with Gasteiger partial charge in [-0.1, -0.05) is 30.3 Å². The summed E-state index contributed by atoms with van der Waals surface area (Å²) in [6, 6.07) is 14.8. The summed E-state index contributed by atoms with van der Waals surface area (Å²) in [6.07, 6.45) is 3.19. The Balaban J connectivity index is 1.73. The predicted molar refractivity (Wildman–Crippen MR) is 114 cm³/mol. The summed E-state index contributed by atoms with van der Waals surface area (Å²) in [6.45, 7) is 1.76. The van der Waals surface area contributed by atoms with Gasteiger partial charge < -0.3 is 14.4 Å². The smallest absolute Gasteiger partial charge is 0.278 e. The third-order valence-electron chi connectivity index (χ3n) is 5.72. The molecule has 0 aromatic heterocycles. The van der Waals surface area contributed by atoms with Crippen LogP contribution in [0.5, 0.6) is 11.5 Å². The van der Waals surface area contributed by atoms with E-state index < -0.39 is 0 Å². The van der Waals surface area contributed by atoms with Gasteiger partial charge in [0.15, 0.2) is 0 Å². The second-order valence-electron chi connectivity index (χ2n) is 7.51. The van der Waals surface area contributed by atoms with Crippen LogP contribution in [-0.4, -0.2) is 48.9 Å². The number of methoxy groups -OCH3 is 2. The van der Waals surface area contributed by atoms with Gasteiger partial charge in [-0.05, 0) is 43.0 Å². The van der Waals surface area contributed by atoms with E-state index in [1.165, 1.54) is 4.90 Å². The van der Waals surface area contributed by atoms with Crippen molar-refractivity contribution in [3.05, 3.63) is 65.4 Å². The molecule has 0 saturated carbocycles. The van der Waals surface area contributed by atoms with Crippen molar-refractivity contribution in [2.45, 2.75) is 25.8 Å². The highest BCUT2D eigenvalue weighted by Gasteiger charge is 2.42. The van der Waals surface area contributed by atoms with Crippen LogP contribution in [0.2, 0.25) is 0 Å². The molecule has 2 aliphatic rings. The molecule has 0 aliphatic carbocycles. The number of likely N-dealkylation sites (tertiary alicyclic amines) is 1. The molecule has 4 rings (SSSR count). The van der Waals surface area contributed by atoms with E-state index in [0.29, 0.717) is 22.8 Å². The number of carbonyl (C=O) groups excluding carboxylic acids is 2. The number of hydrogen-bond donors (Lipinski definition) is 0. The fraction of sp³-hybridized carbons (Fsp3) is 0.333. The average molecular weight is 406 g/mol. The molecule has 6 nitrogen and oxygen atoms in total. The molecule has 156 valence electrons. The third-order valence-corrected chi connectivity index (χ3v) is 5.72. The molecular weight excluding hydrogens is 380 g/mol. The maximum absolute atomic E-state index is 13.5. The molecule has 6 heteroatoms. The quantitative estimate of drug-likeness (QED) is 0.688. The molecule has 0 atom stereocenters. The van der Waals surface area contributed by atoms with E-state index in [-0.39, 0.29) is 18.4 Å². The van der Waals surface area contributed by atoms with Crippen LogP contribution in [-0.2, 0) is 16.1 Å². The lowest BCUT2D eigenvalue weighted by Crippen LogP contribution is -2.37. The van der Waals surface area contributed by atoms with Crippen LogP contribution >= 0.6 is 0 Å². The average Bonchev–Trinajstić information content (AvgIpc) is 3.05. The zero-order valence-corrected chi connectivity index (χ0v) is 17.4. The molecule has 30 heavy (non-hydrogen) atoms. The van der Waals surface area contributed by atoms with Crippen molar-refractivity contribution < 1.29 is 19.1 Å². The van der Waals surface area contributed by atoms with Crippen LogP contribution in [0.3, 0.4) is 0 Å². The standard InChI is InChI=1S/C24H26N2O4/c1-29-19-12-10-17(11-13-19)21-22(25-14-6-3-7-15-25)24(28)26(23(21)27)16-18-8-4-5-9-20(18)30-2/h4-5,8-13H,3,6-7,14-16H2,1-2H3. The number of piperidine rings is 1. The largest absolute Gasteiger partial charge is 0.497 e. The van der Waals surface area contributed by atoms with E-state index in [1.54, 1.807) is 14.2 Å². The molecule has 0 bridgehead atoms. The first-order valence-corrected chi connectivity index (χ1v) is 10.3. The normalized spacial score (nSPS) is 17.0. The maximum atomic E-state index is 13.5. The Bertz CT molecular complexity index is 975. The van der Waals surface area contributed by atoms with Crippen molar-refractivity contribution in [3.8, 4) is 11.5 Å². The molecule has 2 heterocycles. The molecule has 0 radical (unpaired) electrons. The summed E-state index contributed by atoms with van der Waals surface area (Å²) in [5.74, 6) is 0.868. The topological polar surface area (TPSA) is 59.1 Å². The minimum Gasteiger partial charge on any atom is -0.497 e. The molecule has 2 amide bonds. The van der Waals surface area contributed by atoms with Crippen molar-refractivity contribution >= 4 is 17.4 Å². The van der Waals surface area contributed by atoms with Gasteiger partial charge in [-0.15, -0.1) is 0 Å². The predicted octanol–water partition coefficient (Wildman–Crippen LogP) is 3.47. The number of ether oxygens (including phenoxy) is 2. The van der Waals surface area contributed by atoms with E-state index >= 15 is 0 Å². The fourth-order valence-electron chi connectivity index (χ4n) is 4.14. The lowest BCUT2D eigenvalue weighted by atomic mass is 10.0. The molecule has 2 aliphatic heterocycles. The molecule has 0 N–H and O–H groups in total. The number of hydrogen-bond acceptors (Lipinski definition) is 5. The maximum Gasteiger partial charge on any atom is 0.278 e. The molecule has 0 spiro atoms. The number of rotatable bonds is 6.